The average Bonchev–Trinajstić information content (AvgIpc) is 2.33. The Morgan fingerprint density at radius 2 is 1.85 bits per heavy atom. The Bertz CT molecular complexity index is 396. The maximum absolute atomic E-state index is 11.9. The zero-order valence-electron chi connectivity index (χ0n) is 11.6. The summed E-state index contributed by atoms with van der Waals surface area (Å²) in [5.41, 5.74) is 4.90. The molecule has 0 aliphatic rings. The van der Waals surface area contributed by atoms with Crippen molar-refractivity contribution in [3.05, 3.63) is 0 Å². The number of carboxylic acids is 1. The summed E-state index contributed by atoms with van der Waals surface area (Å²) in [7, 11) is 1.17. The number of aliphatic carboxylic acids is 1. The number of carbonyl (C=O) groups is 4. The highest BCUT2D eigenvalue weighted by atomic mass is 16.5. The van der Waals surface area contributed by atoms with Crippen molar-refractivity contribution in [1.82, 2.24) is 10.2 Å². The van der Waals surface area contributed by atoms with Gasteiger partial charge in [0.05, 0.1) is 13.5 Å². The number of hydrogen-bond donors (Lipinski definition) is 3. The van der Waals surface area contributed by atoms with Gasteiger partial charge in [-0.25, -0.2) is 9.59 Å². The highest BCUT2D eigenvalue weighted by Crippen LogP contribution is 2.02. The van der Waals surface area contributed by atoms with Gasteiger partial charge in [0, 0.05) is 6.04 Å². The van der Waals surface area contributed by atoms with Crippen LogP contribution in [0.3, 0.4) is 0 Å². The lowest BCUT2D eigenvalue weighted by atomic mass is 10.2. The van der Waals surface area contributed by atoms with Gasteiger partial charge in [-0.2, -0.15) is 0 Å². The van der Waals surface area contributed by atoms with Crippen molar-refractivity contribution in [2.24, 2.45) is 5.73 Å². The third kappa shape index (κ3) is 6.03. The number of esters is 1. The van der Waals surface area contributed by atoms with Gasteiger partial charge in [-0.1, -0.05) is 0 Å². The summed E-state index contributed by atoms with van der Waals surface area (Å²) in [4.78, 5) is 45.9. The number of urea groups is 1. The first-order valence-corrected chi connectivity index (χ1v) is 5.84. The lowest BCUT2D eigenvalue weighted by molar-refractivity contribution is -0.141. The minimum atomic E-state index is -1.45. The predicted octanol–water partition coefficient (Wildman–Crippen LogP) is -1.09. The van der Waals surface area contributed by atoms with Crippen LogP contribution in [0.4, 0.5) is 4.79 Å². The average molecular weight is 289 g/mol. The Morgan fingerprint density at radius 1 is 1.30 bits per heavy atom. The first-order chi connectivity index (χ1) is 9.18. The fourth-order valence-corrected chi connectivity index (χ4v) is 1.33. The zero-order chi connectivity index (χ0) is 15.9. The molecule has 0 saturated carbocycles. The van der Waals surface area contributed by atoms with E-state index in [4.69, 9.17) is 10.8 Å². The van der Waals surface area contributed by atoms with Gasteiger partial charge in [0.15, 0.2) is 0 Å². The molecule has 0 heterocycles. The third-order valence-corrected chi connectivity index (χ3v) is 2.41. The summed E-state index contributed by atoms with van der Waals surface area (Å²) in [6, 6.07) is -2.60. The quantitative estimate of drug-likeness (QED) is 0.509. The molecule has 0 aromatic rings. The first kappa shape index (κ1) is 17.7. The van der Waals surface area contributed by atoms with E-state index in [1.807, 2.05) is 0 Å². The van der Waals surface area contributed by atoms with E-state index in [0.29, 0.717) is 0 Å². The van der Waals surface area contributed by atoms with Crippen LogP contribution in [0, 0.1) is 0 Å². The highest BCUT2D eigenvalue weighted by molar-refractivity contribution is 5.88. The molecule has 0 aliphatic heterocycles. The second-order valence-corrected chi connectivity index (χ2v) is 4.31. The van der Waals surface area contributed by atoms with Crippen molar-refractivity contribution in [2.75, 3.05) is 13.7 Å². The number of nitrogens with two attached hydrogens (primary N) is 1. The molecule has 0 bridgehead atoms. The molecule has 9 nitrogen and oxygen atoms in total. The molecule has 9 heteroatoms. The van der Waals surface area contributed by atoms with Crippen LogP contribution >= 0.6 is 0 Å². The van der Waals surface area contributed by atoms with E-state index in [0.717, 1.165) is 4.90 Å². The Morgan fingerprint density at radius 3 is 2.20 bits per heavy atom. The number of nitrogens with zero attached hydrogens (tertiary/aromatic N) is 1. The molecule has 0 aromatic heterocycles. The second kappa shape index (κ2) is 7.97. The number of hydrogen-bond acceptors (Lipinski definition) is 5. The summed E-state index contributed by atoms with van der Waals surface area (Å²) in [5, 5.41) is 11.0. The van der Waals surface area contributed by atoms with Gasteiger partial charge in [-0.05, 0) is 13.8 Å². The zero-order valence-corrected chi connectivity index (χ0v) is 11.6. The van der Waals surface area contributed by atoms with Crippen LogP contribution in [0.15, 0.2) is 0 Å². The molecule has 3 amide bonds. The van der Waals surface area contributed by atoms with E-state index in [9.17, 15) is 19.2 Å². The molecule has 0 aliphatic carbocycles. The minimum absolute atomic E-state index is 0.330. The lowest BCUT2D eigenvalue weighted by Crippen LogP contribution is -2.52. The Hall–Kier alpha value is -2.32. The Labute approximate surface area is 116 Å². The Kier molecular flexibility index (Phi) is 7.05. The summed E-state index contributed by atoms with van der Waals surface area (Å²) in [6.07, 6.45) is -0.536. The number of methoxy groups -OCH3 is 1. The van der Waals surface area contributed by atoms with Gasteiger partial charge in [-0.15, -0.1) is 0 Å². The molecule has 0 rings (SSSR count). The summed E-state index contributed by atoms with van der Waals surface area (Å²) in [5.74, 6) is -2.89. The van der Waals surface area contributed by atoms with E-state index < -0.39 is 36.3 Å². The van der Waals surface area contributed by atoms with Gasteiger partial charge >= 0.3 is 18.0 Å². The summed E-state index contributed by atoms with van der Waals surface area (Å²) >= 11 is 0. The van der Waals surface area contributed by atoms with Crippen LogP contribution in [-0.4, -0.2) is 59.6 Å². The van der Waals surface area contributed by atoms with Crippen molar-refractivity contribution >= 4 is 23.9 Å². The molecule has 0 saturated heterocycles. The Balaban J connectivity index is 4.84. The maximum Gasteiger partial charge on any atom is 0.326 e. The second-order valence-electron chi connectivity index (χ2n) is 4.31. The first-order valence-electron chi connectivity index (χ1n) is 5.84. The monoisotopic (exact) mass is 289 g/mol. The number of nitrogens with one attached hydrogen (secondary N) is 1. The van der Waals surface area contributed by atoms with Crippen molar-refractivity contribution in [1.29, 1.82) is 0 Å². The van der Waals surface area contributed by atoms with E-state index in [1.54, 1.807) is 13.8 Å². The number of carboxylic acid groups (broad SMARTS) is 1. The van der Waals surface area contributed by atoms with E-state index in [2.05, 4.69) is 10.1 Å². The summed E-state index contributed by atoms with van der Waals surface area (Å²) < 4.78 is 4.45. The number of ether oxygens (including phenoxy) is 1. The standard InChI is InChI=1S/C11H19N3O6/c1-6(2)14(5-9(16)20-3)11(19)13-7(10(17)18)4-8(12)15/h6-7H,4-5H2,1-3H3,(H2,12,15)(H,13,19)(H,17,18)/t7-/m1/s1. The van der Waals surface area contributed by atoms with Crippen LogP contribution in [-0.2, 0) is 19.1 Å². The molecule has 0 aromatic carbocycles. The fraction of sp³-hybridized carbons (Fsp3) is 0.636. The van der Waals surface area contributed by atoms with Crippen molar-refractivity contribution in [2.45, 2.75) is 32.4 Å². The molecule has 4 N–H and O–H groups in total. The minimum Gasteiger partial charge on any atom is -0.480 e. The fourth-order valence-electron chi connectivity index (χ4n) is 1.33. The molecule has 114 valence electrons. The molecule has 0 unspecified atom stereocenters. The topological polar surface area (TPSA) is 139 Å². The van der Waals surface area contributed by atoms with Gasteiger partial charge in [-0.3, -0.25) is 9.59 Å². The molecule has 20 heavy (non-hydrogen) atoms. The van der Waals surface area contributed by atoms with Crippen LogP contribution in [0.5, 0.6) is 0 Å². The summed E-state index contributed by atoms with van der Waals surface area (Å²) in [6.45, 7) is 2.96. The van der Waals surface area contributed by atoms with Gasteiger partial charge in [0.1, 0.15) is 12.6 Å². The van der Waals surface area contributed by atoms with Crippen LogP contribution < -0.4 is 11.1 Å². The molecule has 1 atom stereocenters. The molecular weight excluding hydrogens is 270 g/mol. The number of primary amides is 1. The number of carbonyl (C=O) groups excluding carboxylic acids is 3. The molecular formula is C11H19N3O6. The van der Waals surface area contributed by atoms with Crippen LogP contribution in [0.1, 0.15) is 20.3 Å². The van der Waals surface area contributed by atoms with Crippen molar-refractivity contribution in [3.8, 4) is 0 Å². The molecule has 0 radical (unpaired) electrons. The smallest absolute Gasteiger partial charge is 0.326 e. The lowest BCUT2D eigenvalue weighted by Gasteiger charge is -2.27. The maximum atomic E-state index is 11.9. The van der Waals surface area contributed by atoms with Crippen LogP contribution in [0.2, 0.25) is 0 Å². The largest absolute Gasteiger partial charge is 0.480 e. The van der Waals surface area contributed by atoms with E-state index in [1.165, 1.54) is 7.11 Å². The SMILES string of the molecule is COC(=O)CN(C(=O)N[C@H](CC(N)=O)C(=O)O)C(C)C. The van der Waals surface area contributed by atoms with E-state index in [-0.39, 0.29) is 12.6 Å². The number of rotatable bonds is 7. The highest BCUT2D eigenvalue weighted by Gasteiger charge is 2.27. The van der Waals surface area contributed by atoms with Gasteiger partial charge in [0.2, 0.25) is 5.91 Å². The van der Waals surface area contributed by atoms with Crippen molar-refractivity contribution < 1.29 is 29.0 Å². The van der Waals surface area contributed by atoms with Crippen molar-refractivity contribution in [3.63, 3.8) is 0 Å². The predicted molar refractivity (Wildman–Crippen MR) is 67.6 cm³/mol. The van der Waals surface area contributed by atoms with Crippen LogP contribution in [0.25, 0.3) is 0 Å². The van der Waals surface area contributed by atoms with Gasteiger partial charge < -0.3 is 25.8 Å². The molecule has 0 fully saturated rings. The normalized spacial score (nSPS) is 11.6. The third-order valence-electron chi connectivity index (χ3n) is 2.41. The molecule has 0 spiro atoms. The van der Waals surface area contributed by atoms with E-state index >= 15 is 0 Å². The van der Waals surface area contributed by atoms with Gasteiger partial charge in [0.25, 0.3) is 0 Å². The number of amides is 3.